The first kappa shape index (κ1) is 63.6. The summed E-state index contributed by atoms with van der Waals surface area (Å²) in [6.07, 6.45) is 45.4. The van der Waals surface area contributed by atoms with Crippen LogP contribution in [0, 0.1) is 0 Å². The molecule has 0 aromatic carbocycles. The lowest BCUT2D eigenvalue weighted by Crippen LogP contribution is -2.61. The zero-order chi connectivity index (χ0) is 49.1. The summed E-state index contributed by atoms with van der Waals surface area (Å²) in [6.45, 7) is 3.38. The summed E-state index contributed by atoms with van der Waals surface area (Å²) in [6, 6.07) is -0.940. The smallest absolute Gasteiger partial charge is 0.394 e. The normalized spacial score (nSPS) is 20.0. The Kier molecular flexibility index (Phi) is 42.3. The zero-order valence-electron chi connectivity index (χ0n) is 42.7. The van der Waals surface area contributed by atoms with E-state index in [-0.39, 0.29) is 18.9 Å². The predicted molar refractivity (Wildman–Crippen MR) is 273 cm³/mol. The number of hydrogen-bond acceptors (Lipinski definition) is 10. The van der Waals surface area contributed by atoms with Crippen LogP contribution >= 0.6 is 0 Å². The van der Waals surface area contributed by atoms with Gasteiger partial charge in [0.25, 0.3) is 0 Å². The Morgan fingerprint density at radius 2 is 0.955 bits per heavy atom. The quantitative estimate of drug-likeness (QED) is 0.0193. The van der Waals surface area contributed by atoms with Crippen molar-refractivity contribution in [2.75, 3.05) is 13.2 Å². The second kappa shape index (κ2) is 44.5. The van der Waals surface area contributed by atoms with Gasteiger partial charge in [-0.05, 0) is 44.9 Å². The van der Waals surface area contributed by atoms with Gasteiger partial charge in [-0.2, -0.15) is 8.42 Å². The molecule has 12 nitrogen and oxygen atoms in total. The minimum absolute atomic E-state index is 0.262. The molecule has 1 heterocycles. The van der Waals surface area contributed by atoms with Crippen LogP contribution in [0.5, 0.6) is 0 Å². The largest absolute Gasteiger partial charge is 0.397 e. The monoisotopic (exact) mass is 974 g/mol. The predicted octanol–water partition coefficient (Wildman–Crippen LogP) is 12.5. The molecule has 0 radical (unpaired) electrons. The molecule has 1 amide bonds. The average molecular weight is 974 g/mol. The molecule has 67 heavy (non-hydrogen) atoms. The summed E-state index contributed by atoms with van der Waals surface area (Å²) in [7, 11) is -5.08. The maximum absolute atomic E-state index is 13.1. The van der Waals surface area contributed by atoms with Crippen LogP contribution in [0.25, 0.3) is 0 Å². The first-order chi connectivity index (χ1) is 32.5. The fraction of sp³-hybridized carbons (Fsp3) is 0.907. The molecule has 1 aliphatic rings. The second-order valence-corrected chi connectivity index (χ2v) is 20.6. The van der Waals surface area contributed by atoms with Crippen LogP contribution in [0.3, 0.4) is 0 Å². The van der Waals surface area contributed by atoms with Crippen LogP contribution in [0.15, 0.2) is 24.3 Å². The van der Waals surface area contributed by atoms with Crippen molar-refractivity contribution in [3.63, 3.8) is 0 Å². The summed E-state index contributed by atoms with van der Waals surface area (Å²) in [5, 5.41) is 44.7. The fourth-order valence-corrected chi connectivity index (χ4v) is 9.43. The Balaban J connectivity index is 2.24. The van der Waals surface area contributed by atoms with E-state index in [4.69, 9.17) is 9.47 Å². The molecule has 1 rings (SSSR count). The Bertz CT molecular complexity index is 1280. The number of aliphatic hydroxyl groups excluding tert-OH is 4. The molecule has 7 unspecified atom stereocenters. The standard InChI is InChI=1S/C54H103NO11S/c1-3-5-7-9-11-13-15-16-17-18-19-20-21-22-23-24-25-26-27-28-29-30-31-32-33-34-36-38-40-42-44-50(58)55-47(48(57)43-41-39-37-35-14-12-10-8-6-4-2)46-64-54-52(60)53(66-67(61,62)63)51(59)49(45-56)65-54/h22-23,41,43,47-49,51-54,56-57,59-60H,3-21,24-40,42,44-46H2,1-2H3,(H,55,58)(H,61,62,63)/b23-22-,43-41+. The third-order valence-electron chi connectivity index (χ3n) is 13.2. The third-order valence-corrected chi connectivity index (χ3v) is 13.7. The second-order valence-electron chi connectivity index (χ2n) is 19.5. The van der Waals surface area contributed by atoms with E-state index in [0.29, 0.717) is 6.42 Å². The molecule has 13 heteroatoms. The molecule has 6 N–H and O–H groups in total. The van der Waals surface area contributed by atoms with Gasteiger partial charge in [0.05, 0.1) is 25.4 Å². The third kappa shape index (κ3) is 37.1. The Labute approximate surface area is 410 Å². The molecule has 0 aromatic rings. The van der Waals surface area contributed by atoms with Gasteiger partial charge in [0.2, 0.25) is 5.91 Å². The number of allylic oxidation sites excluding steroid dienone is 3. The first-order valence-corrected chi connectivity index (χ1v) is 29.1. The minimum Gasteiger partial charge on any atom is -0.394 e. The highest BCUT2D eigenvalue weighted by molar-refractivity contribution is 7.80. The molecule has 0 spiro atoms. The first-order valence-electron chi connectivity index (χ1n) is 27.7. The molecule has 396 valence electrons. The van der Waals surface area contributed by atoms with Crippen molar-refractivity contribution in [2.45, 2.75) is 301 Å². The number of rotatable bonds is 48. The molecule has 1 aliphatic heterocycles. The SMILES string of the molecule is CCCCCCCCCC/C=C/C(O)C(COC1OC(CO)C(O)C(OS(=O)(=O)O)C1O)NC(=O)CCCCCCCCCCCCCCCC/C=C\CCCCCCCCCCCCCC. The van der Waals surface area contributed by atoms with E-state index in [1.54, 1.807) is 6.08 Å². The average Bonchev–Trinajstić information content (AvgIpc) is 3.30. The molecule has 7 atom stereocenters. The number of amides is 1. The molecule has 0 aromatic heterocycles. The highest BCUT2D eigenvalue weighted by Gasteiger charge is 2.48. The van der Waals surface area contributed by atoms with Gasteiger partial charge in [0.15, 0.2) is 6.29 Å². The van der Waals surface area contributed by atoms with Crippen LogP contribution in [-0.2, 0) is 28.9 Å². The fourth-order valence-electron chi connectivity index (χ4n) is 8.92. The number of hydrogen-bond donors (Lipinski definition) is 6. The molecule has 0 saturated carbocycles. The lowest BCUT2D eigenvalue weighted by Gasteiger charge is -2.41. The van der Waals surface area contributed by atoms with Gasteiger partial charge < -0.3 is 35.2 Å². The highest BCUT2D eigenvalue weighted by Crippen LogP contribution is 2.26. The van der Waals surface area contributed by atoms with E-state index < -0.39 is 59.9 Å². The van der Waals surface area contributed by atoms with Gasteiger partial charge in [-0.1, -0.05) is 231 Å². The van der Waals surface area contributed by atoms with Crippen molar-refractivity contribution >= 4 is 16.3 Å². The van der Waals surface area contributed by atoms with Crippen molar-refractivity contribution in [1.29, 1.82) is 0 Å². The number of aliphatic hydroxyl groups is 4. The molecular formula is C54H103NO11S. The number of unbranched alkanes of at least 4 members (excludes halogenated alkanes) is 34. The van der Waals surface area contributed by atoms with Gasteiger partial charge in [0.1, 0.15) is 24.4 Å². The van der Waals surface area contributed by atoms with Crippen LogP contribution in [0.4, 0.5) is 0 Å². The van der Waals surface area contributed by atoms with Crippen LogP contribution in [-0.4, -0.2) is 95.4 Å². The zero-order valence-corrected chi connectivity index (χ0v) is 43.5. The summed E-state index contributed by atoms with van der Waals surface area (Å²) < 4.78 is 47.6. The van der Waals surface area contributed by atoms with E-state index in [1.807, 2.05) is 6.08 Å². The van der Waals surface area contributed by atoms with Gasteiger partial charge in [-0.3, -0.25) is 9.35 Å². The van der Waals surface area contributed by atoms with E-state index in [1.165, 1.54) is 193 Å². The van der Waals surface area contributed by atoms with Gasteiger partial charge in [0, 0.05) is 6.42 Å². The maximum Gasteiger partial charge on any atom is 0.397 e. The number of nitrogens with one attached hydrogen (secondary N) is 1. The van der Waals surface area contributed by atoms with Gasteiger partial charge >= 0.3 is 10.4 Å². The van der Waals surface area contributed by atoms with E-state index in [9.17, 15) is 38.2 Å². The summed E-state index contributed by atoms with van der Waals surface area (Å²) in [5.74, 6) is -0.262. The lowest BCUT2D eigenvalue weighted by atomic mass is 9.99. The van der Waals surface area contributed by atoms with Crippen molar-refractivity contribution in [3.8, 4) is 0 Å². The van der Waals surface area contributed by atoms with Crippen molar-refractivity contribution in [1.82, 2.24) is 5.32 Å². The molecule has 0 bridgehead atoms. The topological polar surface area (TPSA) is 192 Å². The van der Waals surface area contributed by atoms with E-state index in [0.717, 1.165) is 38.5 Å². The minimum atomic E-state index is -5.08. The molecular weight excluding hydrogens is 871 g/mol. The van der Waals surface area contributed by atoms with E-state index >= 15 is 0 Å². The number of ether oxygens (including phenoxy) is 2. The van der Waals surface area contributed by atoms with Crippen LogP contribution in [0.2, 0.25) is 0 Å². The van der Waals surface area contributed by atoms with Gasteiger partial charge in [-0.15, -0.1) is 0 Å². The van der Waals surface area contributed by atoms with Crippen molar-refractivity contribution in [3.05, 3.63) is 24.3 Å². The highest BCUT2D eigenvalue weighted by atomic mass is 32.3. The van der Waals surface area contributed by atoms with Gasteiger partial charge in [-0.25, -0.2) is 4.18 Å². The Morgan fingerprint density at radius 3 is 1.34 bits per heavy atom. The lowest BCUT2D eigenvalue weighted by molar-refractivity contribution is -0.298. The summed E-state index contributed by atoms with van der Waals surface area (Å²) in [5.41, 5.74) is 0. The van der Waals surface area contributed by atoms with Crippen LogP contribution in [0.1, 0.15) is 258 Å². The Morgan fingerprint density at radius 1 is 0.582 bits per heavy atom. The number of carbonyl (C=O) groups excluding carboxylic acids is 1. The number of carbonyl (C=O) groups is 1. The molecule has 0 aliphatic carbocycles. The Hall–Kier alpha value is -1.42. The van der Waals surface area contributed by atoms with Crippen LogP contribution < -0.4 is 5.32 Å². The molecule has 1 fully saturated rings. The summed E-state index contributed by atoms with van der Waals surface area (Å²) in [4.78, 5) is 13.1. The van der Waals surface area contributed by atoms with Crippen molar-refractivity contribution < 1.29 is 51.8 Å². The van der Waals surface area contributed by atoms with Crippen molar-refractivity contribution in [2.24, 2.45) is 0 Å². The summed E-state index contributed by atoms with van der Waals surface area (Å²) >= 11 is 0. The van der Waals surface area contributed by atoms with E-state index in [2.05, 4.69) is 35.5 Å². The maximum atomic E-state index is 13.1. The molecule has 1 saturated heterocycles.